The van der Waals surface area contributed by atoms with E-state index in [-0.39, 0.29) is 18.4 Å². The summed E-state index contributed by atoms with van der Waals surface area (Å²) >= 11 is 0. The number of rotatable bonds is 3. The Morgan fingerprint density at radius 2 is 2.24 bits per heavy atom. The third kappa shape index (κ3) is 2.66. The summed E-state index contributed by atoms with van der Waals surface area (Å²) in [6, 6.07) is 7.62. The first-order valence-corrected chi connectivity index (χ1v) is 5.65. The normalized spacial score (nSPS) is 19.4. The first-order chi connectivity index (χ1) is 8.22. The molecule has 0 saturated carbocycles. The highest BCUT2D eigenvalue weighted by molar-refractivity contribution is 5.79. The van der Waals surface area contributed by atoms with Gasteiger partial charge in [0.2, 0.25) is 5.91 Å². The molecule has 2 rings (SSSR count). The third-order valence-corrected chi connectivity index (χ3v) is 3.00. The van der Waals surface area contributed by atoms with Crippen molar-refractivity contribution in [2.24, 2.45) is 5.92 Å². The minimum atomic E-state index is 0.0226. The van der Waals surface area contributed by atoms with Gasteiger partial charge in [0.25, 0.3) is 0 Å². The third-order valence-electron chi connectivity index (χ3n) is 3.00. The van der Waals surface area contributed by atoms with E-state index in [1.807, 2.05) is 24.3 Å². The van der Waals surface area contributed by atoms with Crippen molar-refractivity contribution in [3.63, 3.8) is 0 Å². The monoisotopic (exact) mass is 229 g/mol. The highest BCUT2D eigenvalue weighted by atomic mass is 16.3. The molecule has 1 aromatic carbocycles. The van der Waals surface area contributed by atoms with Crippen LogP contribution < -0.4 is 0 Å². The van der Waals surface area contributed by atoms with Crippen molar-refractivity contribution in [1.29, 1.82) is 0 Å². The molecule has 1 aromatic rings. The fourth-order valence-electron chi connectivity index (χ4n) is 2.08. The average molecular weight is 229 g/mol. The zero-order valence-corrected chi connectivity index (χ0v) is 9.60. The lowest BCUT2D eigenvalue weighted by molar-refractivity contribution is -0.128. The van der Waals surface area contributed by atoms with E-state index in [0.717, 1.165) is 11.1 Å². The van der Waals surface area contributed by atoms with Gasteiger partial charge in [-0.2, -0.15) is 0 Å². The second-order valence-corrected chi connectivity index (χ2v) is 4.32. The van der Waals surface area contributed by atoms with Crippen molar-refractivity contribution in [3.05, 3.63) is 35.4 Å². The number of aliphatic hydroxyl groups excluding tert-OH is 1. The van der Waals surface area contributed by atoms with Gasteiger partial charge in [-0.1, -0.05) is 24.3 Å². The topological polar surface area (TPSA) is 40.5 Å². The van der Waals surface area contributed by atoms with Crippen molar-refractivity contribution in [2.75, 3.05) is 6.54 Å². The number of amides is 1. The maximum atomic E-state index is 11.7. The Bertz CT molecular complexity index is 462. The van der Waals surface area contributed by atoms with Gasteiger partial charge in [-0.15, -0.1) is 12.3 Å². The molecule has 1 atom stereocenters. The fourth-order valence-corrected chi connectivity index (χ4v) is 2.08. The van der Waals surface area contributed by atoms with Gasteiger partial charge in [-0.3, -0.25) is 4.79 Å². The second kappa shape index (κ2) is 5.03. The summed E-state index contributed by atoms with van der Waals surface area (Å²) < 4.78 is 0. The fraction of sp³-hybridized carbons (Fsp3) is 0.357. The predicted octanol–water partition coefficient (Wildman–Crippen LogP) is 1.16. The van der Waals surface area contributed by atoms with Gasteiger partial charge < -0.3 is 10.0 Å². The first kappa shape index (κ1) is 11.7. The van der Waals surface area contributed by atoms with Crippen LogP contribution in [0.2, 0.25) is 0 Å². The molecule has 0 bridgehead atoms. The summed E-state index contributed by atoms with van der Waals surface area (Å²) in [5.74, 6) is 2.79. The molecule has 1 fully saturated rings. The average Bonchev–Trinajstić information content (AvgIpc) is 2.70. The molecule has 1 amide bonds. The van der Waals surface area contributed by atoms with E-state index in [4.69, 9.17) is 11.5 Å². The lowest BCUT2D eigenvalue weighted by Crippen LogP contribution is -2.24. The van der Waals surface area contributed by atoms with Crippen LogP contribution in [0.4, 0.5) is 0 Å². The molecule has 1 heterocycles. The van der Waals surface area contributed by atoms with Crippen LogP contribution in [0.15, 0.2) is 24.3 Å². The smallest absolute Gasteiger partial charge is 0.224 e. The second-order valence-electron chi connectivity index (χ2n) is 4.32. The number of aliphatic hydroxyl groups is 1. The van der Waals surface area contributed by atoms with Crippen LogP contribution in [0.1, 0.15) is 17.5 Å². The van der Waals surface area contributed by atoms with Crippen LogP contribution in [-0.2, 0) is 17.9 Å². The molecule has 1 N–H and O–H groups in total. The van der Waals surface area contributed by atoms with Gasteiger partial charge in [-0.05, 0) is 11.1 Å². The number of carbonyl (C=O) groups is 1. The molecule has 3 nitrogen and oxygen atoms in total. The van der Waals surface area contributed by atoms with E-state index in [1.165, 1.54) is 0 Å². The van der Waals surface area contributed by atoms with Crippen LogP contribution in [0.25, 0.3) is 0 Å². The van der Waals surface area contributed by atoms with Crippen LogP contribution in [0.5, 0.6) is 0 Å². The van der Waals surface area contributed by atoms with E-state index >= 15 is 0 Å². The Balaban J connectivity index is 2.06. The summed E-state index contributed by atoms with van der Waals surface area (Å²) in [7, 11) is 0. The van der Waals surface area contributed by atoms with E-state index < -0.39 is 0 Å². The number of carbonyl (C=O) groups excluding carboxylic acids is 1. The summed E-state index contributed by atoms with van der Waals surface area (Å²) in [6.07, 6.45) is 5.79. The number of hydrogen-bond acceptors (Lipinski definition) is 2. The van der Waals surface area contributed by atoms with E-state index in [0.29, 0.717) is 19.5 Å². The maximum absolute atomic E-state index is 11.7. The number of benzene rings is 1. The van der Waals surface area contributed by atoms with Crippen LogP contribution >= 0.6 is 0 Å². The number of terminal acetylenes is 1. The number of hydrogen-bond donors (Lipinski definition) is 1. The molecule has 88 valence electrons. The van der Waals surface area contributed by atoms with E-state index in [2.05, 4.69) is 5.92 Å². The minimum Gasteiger partial charge on any atom is -0.392 e. The van der Waals surface area contributed by atoms with Gasteiger partial charge in [0, 0.05) is 25.4 Å². The van der Waals surface area contributed by atoms with Gasteiger partial charge in [0.15, 0.2) is 0 Å². The molecule has 1 aliphatic rings. The Hall–Kier alpha value is -1.79. The molecule has 1 unspecified atom stereocenters. The molecule has 1 aliphatic heterocycles. The Kier molecular flexibility index (Phi) is 3.46. The number of likely N-dealkylation sites (tertiary alicyclic amines) is 1. The lowest BCUT2D eigenvalue weighted by atomic mass is 10.1. The van der Waals surface area contributed by atoms with E-state index in [1.54, 1.807) is 4.90 Å². The molecule has 0 spiro atoms. The molecule has 17 heavy (non-hydrogen) atoms. The molecule has 0 aliphatic carbocycles. The molecular weight excluding hydrogens is 214 g/mol. The van der Waals surface area contributed by atoms with Gasteiger partial charge >= 0.3 is 0 Å². The van der Waals surface area contributed by atoms with Crippen molar-refractivity contribution < 1.29 is 9.90 Å². The highest BCUT2D eigenvalue weighted by Crippen LogP contribution is 2.19. The summed E-state index contributed by atoms with van der Waals surface area (Å²) in [5.41, 5.74) is 1.89. The Morgan fingerprint density at radius 1 is 1.47 bits per heavy atom. The lowest BCUT2D eigenvalue weighted by Gasteiger charge is -2.16. The Morgan fingerprint density at radius 3 is 2.88 bits per heavy atom. The van der Waals surface area contributed by atoms with Crippen molar-refractivity contribution in [1.82, 2.24) is 4.90 Å². The Labute approximate surface area is 101 Å². The standard InChI is InChI=1S/C14H15NO2/c1-2-11-7-14(17)15(8-11)9-12-4-3-5-13(6-12)10-16/h1,3-6,11,16H,7-10H2. The van der Waals surface area contributed by atoms with Crippen molar-refractivity contribution in [2.45, 2.75) is 19.6 Å². The van der Waals surface area contributed by atoms with Crippen molar-refractivity contribution in [3.8, 4) is 12.3 Å². The van der Waals surface area contributed by atoms with Gasteiger partial charge in [0.05, 0.1) is 6.61 Å². The minimum absolute atomic E-state index is 0.0226. The van der Waals surface area contributed by atoms with Gasteiger partial charge in [-0.25, -0.2) is 0 Å². The van der Waals surface area contributed by atoms with E-state index in [9.17, 15) is 4.79 Å². The SMILES string of the molecule is C#CC1CC(=O)N(Cc2cccc(CO)c2)C1. The quantitative estimate of drug-likeness (QED) is 0.790. The van der Waals surface area contributed by atoms with Crippen LogP contribution in [0, 0.1) is 18.3 Å². The molecule has 1 saturated heterocycles. The summed E-state index contributed by atoms with van der Waals surface area (Å²) in [6.45, 7) is 1.23. The largest absolute Gasteiger partial charge is 0.392 e. The molecule has 3 heteroatoms. The predicted molar refractivity (Wildman–Crippen MR) is 64.7 cm³/mol. The molecule has 0 radical (unpaired) electrons. The summed E-state index contributed by atoms with van der Waals surface area (Å²) in [4.78, 5) is 13.5. The van der Waals surface area contributed by atoms with Crippen LogP contribution in [0.3, 0.4) is 0 Å². The zero-order chi connectivity index (χ0) is 12.3. The molecular formula is C14H15NO2. The first-order valence-electron chi connectivity index (χ1n) is 5.65. The highest BCUT2D eigenvalue weighted by Gasteiger charge is 2.27. The zero-order valence-electron chi connectivity index (χ0n) is 9.60. The van der Waals surface area contributed by atoms with Gasteiger partial charge in [0.1, 0.15) is 0 Å². The molecule has 0 aromatic heterocycles. The summed E-state index contributed by atoms with van der Waals surface area (Å²) in [5, 5.41) is 9.05. The maximum Gasteiger partial charge on any atom is 0.224 e. The number of nitrogens with zero attached hydrogens (tertiary/aromatic N) is 1. The van der Waals surface area contributed by atoms with Crippen LogP contribution in [-0.4, -0.2) is 22.5 Å². The van der Waals surface area contributed by atoms with Crippen molar-refractivity contribution >= 4 is 5.91 Å².